The zero-order valence-corrected chi connectivity index (χ0v) is 8.76. The van der Waals surface area contributed by atoms with Crippen LogP contribution in [-0.4, -0.2) is 31.1 Å². The smallest absolute Gasteiger partial charge is 0.00468 e. The Morgan fingerprint density at radius 1 is 1.62 bits per heavy atom. The first kappa shape index (κ1) is 10.7. The second-order valence-electron chi connectivity index (χ2n) is 3.93. The Kier molecular flexibility index (Phi) is 4.46. The van der Waals surface area contributed by atoms with E-state index in [2.05, 4.69) is 18.4 Å². The normalized spacial score (nSPS) is 24.6. The number of piperidine rings is 1. The van der Waals surface area contributed by atoms with Crippen molar-refractivity contribution in [1.82, 2.24) is 4.90 Å². The molecule has 1 heterocycles. The van der Waals surface area contributed by atoms with Gasteiger partial charge in [-0.1, -0.05) is 19.1 Å². The van der Waals surface area contributed by atoms with E-state index in [9.17, 15) is 0 Å². The molecule has 0 aromatic carbocycles. The van der Waals surface area contributed by atoms with Gasteiger partial charge in [-0.2, -0.15) is 0 Å². The predicted octanol–water partition coefficient (Wildman–Crippen LogP) is 1.62. The molecular formula is C11H22N2. The Morgan fingerprint density at radius 2 is 2.38 bits per heavy atom. The topological polar surface area (TPSA) is 29.3 Å². The van der Waals surface area contributed by atoms with E-state index in [-0.39, 0.29) is 0 Å². The van der Waals surface area contributed by atoms with E-state index in [1.807, 2.05) is 0 Å². The third kappa shape index (κ3) is 3.12. The van der Waals surface area contributed by atoms with Crippen molar-refractivity contribution in [3.8, 4) is 0 Å². The highest BCUT2D eigenvalue weighted by Crippen LogP contribution is 2.23. The molecule has 0 bridgehead atoms. The second kappa shape index (κ2) is 5.40. The SMILES string of the molecule is C=C(CCN)C1CCCN(CC)C1. The Morgan fingerprint density at radius 3 is 3.00 bits per heavy atom. The number of nitrogens with two attached hydrogens (primary N) is 1. The van der Waals surface area contributed by atoms with Crippen molar-refractivity contribution in [3.05, 3.63) is 12.2 Å². The van der Waals surface area contributed by atoms with Crippen molar-refractivity contribution in [2.75, 3.05) is 26.2 Å². The zero-order chi connectivity index (χ0) is 9.68. The minimum atomic E-state index is 0.706. The summed E-state index contributed by atoms with van der Waals surface area (Å²) < 4.78 is 0. The van der Waals surface area contributed by atoms with Crippen LogP contribution in [-0.2, 0) is 0 Å². The maximum absolute atomic E-state index is 5.53. The van der Waals surface area contributed by atoms with Gasteiger partial charge in [0, 0.05) is 6.54 Å². The van der Waals surface area contributed by atoms with Gasteiger partial charge in [0.1, 0.15) is 0 Å². The summed E-state index contributed by atoms with van der Waals surface area (Å²) in [4.78, 5) is 2.51. The first-order chi connectivity index (χ1) is 6.27. The summed E-state index contributed by atoms with van der Waals surface area (Å²) in [5, 5.41) is 0. The van der Waals surface area contributed by atoms with E-state index in [0.717, 1.165) is 13.0 Å². The fourth-order valence-electron chi connectivity index (χ4n) is 2.07. The van der Waals surface area contributed by atoms with Gasteiger partial charge < -0.3 is 10.6 Å². The molecular weight excluding hydrogens is 160 g/mol. The van der Waals surface area contributed by atoms with Crippen LogP contribution in [0.25, 0.3) is 0 Å². The minimum Gasteiger partial charge on any atom is -0.330 e. The maximum atomic E-state index is 5.53. The molecule has 1 atom stereocenters. The van der Waals surface area contributed by atoms with Crippen LogP contribution in [0, 0.1) is 5.92 Å². The number of nitrogens with zero attached hydrogens (tertiary/aromatic N) is 1. The molecule has 2 N–H and O–H groups in total. The molecule has 1 unspecified atom stereocenters. The average molecular weight is 182 g/mol. The summed E-state index contributed by atoms with van der Waals surface area (Å²) >= 11 is 0. The summed E-state index contributed by atoms with van der Waals surface area (Å²) in [7, 11) is 0. The lowest BCUT2D eigenvalue weighted by atomic mass is 9.89. The molecule has 0 aliphatic carbocycles. The van der Waals surface area contributed by atoms with Crippen LogP contribution < -0.4 is 5.73 Å². The summed E-state index contributed by atoms with van der Waals surface area (Å²) in [6.45, 7) is 10.8. The molecule has 1 aliphatic rings. The van der Waals surface area contributed by atoms with Crippen LogP contribution in [0.15, 0.2) is 12.2 Å². The molecule has 2 nitrogen and oxygen atoms in total. The molecule has 0 saturated carbocycles. The van der Waals surface area contributed by atoms with E-state index in [4.69, 9.17) is 5.73 Å². The van der Waals surface area contributed by atoms with Crippen LogP contribution in [0.1, 0.15) is 26.2 Å². The first-order valence-electron chi connectivity index (χ1n) is 5.38. The Labute approximate surface area is 81.8 Å². The van der Waals surface area contributed by atoms with Crippen molar-refractivity contribution < 1.29 is 0 Å². The standard InChI is InChI=1S/C11H22N2/c1-3-13-8-4-5-11(9-13)10(2)6-7-12/h11H,2-9,12H2,1H3. The molecule has 1 aliphatic heterocycles. The highest BCUT2D eigenvalue weighted by molar-refractivity contribution is 5.03. The molecule has 0 aromatic heterocycles. The van der Waals surface area contributed by atoms with Gasteiger partial charge in [-0.25, -0.2) is 0 Å². The summed E-state index contributed by atoms with van der Waals surface area (Å²) in [6, 6.07) is 0. The predicted molar refractivity (Wildman–Crippen MR) is 57.6 cm³/mol. The van der Waals surface area contributed by atoms with E-state index >= 15 is 0 Å². The van der Waals surface area contributed by atoms with Gasteiger partial charge in [-0.3, -0.25) is 0 Å². The Hall–Kier alpha value is -0.340. The second-order valence-corrected chi connectivity index (χ2v) is 3.93. The number of rotatable bonds is 4. The fourth-order valence-corrected chi connectivity index (χ4v) is 2.07. The molecule has 2 heteroatoms. The minimum absolute atomic E-state index is 0.706. The van der Waals surface area contributed by atoms with Crippen LogP contribution in [0.5, 0.6) is 0 Å². The van der Waals surface area contributed by atoms with Crippen molar-refractivity contribution >= 4 is 0 Å². The quantitative estimate of drug-likeness (QED) is 0.669. The molecule has 0 amide bonds. The van der Waals surface area contributed by atoms with E-state index in [0.29, 0.717) is 5.92 Å². The molecule has 0 aromatic rings. The lowest BCUT2D eigenvalue weighted by molar-refractivity contribution is 0.199. The summed E-state index contributed by atoms with van der Waals surface area (Å²) in [6.07, 6.45) is 3.64. The highest BCUT2D eigenvalue weighted by atomic mass is 15.1. The largest absolute Gasteiger partial charge is 0.330 e. The Bertz CT molecular complexity index is 165. The highest BCUT2D eigenvalue weighted by Gasteiger charge is 2.20. The van der Waals surface area contributed by atoms with E-state index in [1.54, 1.807) is 0 Å². The molecule has 0 radical (unpaired) electrons. The third-order valence-electron chi connectivity index (χ3n) is 3.00. The monoisotopic (exact) mass is 182 g/mol. The van der Waals surface area contributed by atoms with E-state index in [1.165, 1.54) is 38.0 Å². The van der Waals surface area contributed by atoms with Gasteiger partial charge in [-0.05, 0) is 44.8 Å². The van der Waals surface area contributed by atoms with Crippen molar-refractivity contribution in [2.24, 2.45) is 11.7 Å². The first-order valence-corrected chi connectivity index (χ1v) is 5.38. The van der Waals surface area contributed by atoms with Crippen molar-refractivity contribution in [2.45, 2.75) is 26.2 Å². The average Bonchev–Trinajstić information content (AvgIpc) is 2.18. The van der Waals surface area contributed by atoms with Gasteiger partial charge in [0.2, 0.25) is 0 Å². The van der Waals surface area contributed by atoms with Gasteiger partial charge in [0.25, 0.3) is 0 Å². The van der Waals surface area contributed by atoms with Gasteiger partial charge in [0.05, 0.1) is 0 Å². The zero-order valence-electron chi connectivity index (χ0n) is 8.76. The van der Waals surface area contributed by atoms with Gasteiger partial charge in [0.15, 0.2) is 0 Å². The lowest BCUT2D eigenvalue weighted by Crippen LogP contribution is -2.35. The van der Waals surface area contributed by atoms with Crippen LogP contribution in [0.3, 0.4) is 0 Å². The molecule has 13 heavy (non-hydrogen) atoms. The molecule has 76 valence electrons. The molecule has 1 fully saturated rings. The van der Waals surface area contributed by atoms with Crippen molar-refractivity contribution in [3.63, 3.8) is 0 Å². The number of hydrogen-bond acceptors (Lipinski definition) is 2. The van der Waals surface area contributed by atoms with Gasteiger partial charge in [-0.15, -0.1) is 0 Å². The maximum Gasteiger partial charge on any atom is 0.00468 e. The fraction of sp³-hybridized carbons (Fsp3) is 0.818. The molecule has 1 rings (SSSR count). The van der Waals surface area contributed by atoms with E-state index < -0.39 is 0 Å². The van der Waals surface area contributed by atoms with Crippen LogP contribution in [0.2, 0.25) is 0 Å². The molecule has 0 spiro atoms. The van der Waals surface area contributed by atoms with Crippen molar-refractivity contribution in [1.29, 1.82) is 0 Å². The van der Waals surface area contributed by atoms with Crippen LogP contribution >= 0.6 is 0 Å². The lowest BCUT2D eigenvalue weighted by Gasteiger charge is -2.32. The Balaban J connectivity index is 2.37. The third-order valence-corrected chi connectivity index (χ3v) is 3.00. The molecule has 1 saturated heterocycles. The summed E-state index contributed by atoms with van der Waals surface area (Å²) in [5.74, 6) is 0.706. The van der Waals surface area contributed by atoms with Gasteiger partial charge >= 0.3 is 0 Å². The summed E-state index contributed by atoms with van der Waals surface area (Å²) in [5.41, 5.74) is 6.89. The number of hydrogen-bond donors (Lipinski definition) is 1. The van der Waals surface area contributed by atoms with Crippen LogP contribution in [0.4, 0.5) is 0 Å². The number of likely N-dealkylation sites (tertiary alicyclic amines) is 1.